The SMILES string of the molecule is Cc1cc(=O)c(C(=O)Nc2cc(Cl)ccc2N(C)C)nn1-c1ccccc1F. The molecule has 8 heteroatoms. The lowest BCUT2D eigenvalue weighted by molar-refractivity contribution is 0.101. The normalized spacial score (nSPS) is 10.6. The van der Waals surface area contributed by atoms with E-state index < -0.39 is 17.2 Å². The van der Waals surface area contributed by atoms with Crippen molar-refractivity contribution in [2.75, 3.05) is 24.3 Å². The molecule has 1 aromatic heterocycles. The molecule has 0 bridgehead atoms. The third kappa shape index (κ3) is 3.89. The number of benzene rings is 2. The molecule has 144 valence electrons. The van der Waals surface area contributed by atoms with Crippen molar-refractivity contribution in [2.24, 2.45) is 0 Å². The quantitative estimate of drug-likeness (QED) is 0.725. The molecular weight excluding hydrogens is 383 g/mol. The van der Waals surface area contributed by atoms with Crippen LogP contribution < -0.4 is 15.6 Å². The number of aromatic nitrogens is 2. The van der Waals surface area contributed by atoms with E-state index >= 15 is 0 Å². The number of nitrogens with zero attached hydrogens (tertiary/aromatic N) is 3. The zero-order valence-corrected chi connectivity index (χ0v) is 16.3. The van der Waals surface area contributed by atoms with Crippen LogP contribution in [0.2, 0.25) is 5.02 Å². The molecule has 6 nitrogen and oxygen atoms in total. The number of para-hydroxylation sites is 1. The Bertz CT molecular complexity index is 1110. The fourth-order valence-corrected chi connectivity index (χ4v) is 2.92. The number of amides is 1. The van der Waals surface area contributed by atoms with Crippen LogP contribution in [0.4, 0.5) is 15.8 Å². The van der Waals surface area contributed by atoms with E-state index in [2.05, 4.69) is 10.4 Å². The van der Waals surface area contributed by atoms with Gasteiger partial charge in [0.25, 0.3) is 5.91 Å². The molecule has 0 radical (unpaired) electrons. The van der Waals surface area contributed by atoms with Crippen LogP contribution in [0.1, 0.15) is 16.2 Å². The number of hydrogen-bond acceptors (Lipinski definition) is 4. The van der Waals surface area contributed by atoms with E-state index in [-0.39, 0.29) is 11.4 Å². The van der Waals surface area contributed by atoms with Gasteiger partial charge in [0.1, 0.15) is 11.5 Å². The van der Waals surface area contributed by atoms with Gasteiger partial charge in [0, 0.05) is 30.9 Å². The Labute approximate surface area is 166 Å². The van der Waals surface area contributed by atoms with Crippen LogP contribution in [0.15, 0.2) is 53.3 Å². The predicted molar refractivity (Wildman–Crippen MR) is 108 cm³/mol. The van der Waals surface area contributed by atoms with Crippen LogP contribution in [0.3, 0.4) is 0 Å². The predicted octanol–water partition coefficient (Wildman–Crippen LogP) is 3.65. The summed E-state index contributed by atoms with van der Waals surface area (Å²) in [6, 6.07) is 12.3. The highest BCUT2D eigenvalue weighted by Gasteiger charge is 2.18. The molecule has 1 heterocycles. The summed E-state index contributed by atoms with van der Waals surface area (Å²) >= 11 is 6.03. The van der Waals surface area contributed by atoms with Gasteiger partial charge in [-0.15, -0.1) is 0 Å². The van der Waals surface area contributed by atoms with Gasteiger partial charge in [-0.3, -0.25) is 9.59 Å². The highest BCUT2D eigenvalue weighted by molar-refractivity contribution is 6.31. The van der Waals surface area contributed by atoms with Gasteiger partial charge in [0.15, 0.2) is 5.69 Å². The van der Waals surface area contributed by atoms with Gasteiger partial charge in [0.2, 0.25) is 5.43 Å². The Morgan fingerprint density at radius 3 is 2.57 bits per heavy atom. The van der Waals surface area contributed by atoms with Crippen molar-refractivity contribution in [3.63, 3.8) is 0 Å². The highest BCUT2D eigenvalue weighted by atomic mass is 35.5. The Morgan fingerprint density at radius 2 is 1.89 bits per heavy atom. The lowest BCUT2D eigenvalue weighted by Gasteiger charge is -2.18. The third-order valence-electron chi connectivity index (χ3n) is 4.09. The zero-order valence-electron chi connectivity index (χ0n) is 15.5. The van der Waals surface area contributed by atoms with Gasteiger partial charge in [-0.25, -0.2) is 9.07 Å². The minimum absolute atomic E-state index is 0.144. The van der Waals surface area contributed by atoms with Crippen molar-refractivity contribution in [1.82, 2.24) is 9.78 Å². The molecule has 0 saturated heterocycles. The Morgan fingerprint density at radius 1 is 1.18 bits per heavy atom. The summed E-state index contributed by atoms with van der Waals surface area (Å²) in [6.07, 6.45) is 0. The maximum absolute atomic E-state index is 14.2. The van der Waals surface area contributed by atoms with Gasteiger partial charge >= 0.3 is 0 Å². The summed E-state index contributed by atoms with van der Waals surface area (Å²) in [5, 5.41) is 7.20. The number of carbonyl (C=O) groups is 1. The summed E-state index contributed by atoms with van der Waals surface area (Å²) in [4.78, 5) is 26.9. The monoisotopic (exact) mass is 400 g/mol. The average molecular weight is 401 g/mol. The molecule has 1 amide bonds. The minimum Gasteiger partial charge on any atom is -0.376 e. The second-order valence-corrected chi connectivity index (χ2v) is 6.81. The number of rotatable bonds is 4. The number of carbonyl (C=O) groups excluding carboxylic acids is 1. The number of halogens is 2. The summed E-state index contributed by atoms with van der Waals surface area (Å²) < 4.78 is 15.4. The van der Waals surface area contributed by atoms with Crippen LogP contribution in [0.25, 0.3) is 5.69 Å². The second kappa shape index (κ2) is 7.82. The van der Waals surface area contributed by atoms with Crippen molar-refractivity contribution >= 4 is 28.9 Å². The molecule has 1 N–H and O–H groups in total. The Balaban J connectivity index is 2.04. The molecule has 0 saturated carbocycles. The molecule has 0 aliphatic heterocycles. The van der Waals surface area contributed by atoms with Gasteiger partial charge in [0.05, 0.1) is 11.4 Å². The van der Waals surface area contributed by atoms with Crippen LogP contribution in [-0.4, -0.2) is 29.8 Å². The first-order valence-electron chi connectivity index (χ1n) is 8.42. The minimum atomic E-state index is -0.708. The third-order valence-corrected chi connectivity index (χ3v) is 4.33. The van der Waals surface area contributed by atoms with Crippen LogP contribution in [-0.2, 0) is 0 Å². The first-order chi connectivity index (χ1) is 13.3. The molecular formula is C20H18ClFN4O2. The largest absolute Gasteiger partial charge is 0.376 e. The van der Waals surface area contributed by atoms with E-state index in [9.17, 15) is 14.0 Å². The first-order valence-corrected chi connectivity index (χ1v) is 8.80. The van der Waals surface area contributed by atoms with Crippen LogP contribution in [0, 0.1) is 12.7 Å². The van der Waals surface area contributed by atoms with Crippen molar-refractivity contribution in [1.29, 1.82) is 0 Å². The molecule has 2 aromatic carbocycles. The number of hydrogen-bond donors (Lipinski definition) is 1. The molecule has 3 aromatic rings. The molecule has 0 fully saturated rings. The second-order valence-electron chi connectivity index (χ2n) is 6.37. The molecule has 0 spiro atoms. The van der Waals surface area contributed by atoms with E-state index in [1.165, 1.54) is 22.9 Å². The summed E-state index contributed by atoms with van der Waals surface area (Å²) in [5.74, 6) is -1.22. The van der Waals surface area contributed by atoms with E-state index in [1.54, 1.807) is 42.2 Å². The number of anilines is 2. The van der Waals surface area contributed by atoms with Crippen molar-refractivity contribution in [2.45, 2.75) is 6.92 Å². The fraction of sp³-hybridized carbons (Fsp3) is 0.150. The first kappa shape index (κ1) is 19.6. The average Bonchev–Trinajstić information content (AvgIpc) is 2.62. The van der Waals surface area contributed by atoms with E-state index in [0.29, 0.717) is 22.1 Å². The molecule has 0 atom stereocenters. The maximum atomic E-state index is 14.2. The highest BCUT2D eigenvalue weighted by Crippen LogP contribution is 2.28. The van der Waals surface area contributed by atoms with Gasteiger partial charge in [-0.2, -0.15) is 5.10 Å². The number of aryl methyl sites for hydroxylation is 1. The van der Waals surface area contributed by atoms with E-state index in [0.717, 1.165) is 0 Å². The number of nitrogens with one attached hydrogen (secondary N) is 1. The summed E-state index contributed by atoms with van der Waals surface area (Å²) in [7, 11) is 3.63. The van der Waals surface area contributed by atoms with Crippen LogP contribution >= 0.6 is 11.6 Å². The van der Waals surface area contributed by atoms with Gasteiger partial charge in [-0.1, -0.05) is 23.7 Å². The standard InChI is InChI=1S/C20H18ClFN4O2/c1-12-10-18(27)19(24-26(12)16-7-5-4-6-14(16)22)20(28)23-15-11-13(21)8-9-17(15)25(2)3/h4-11H,1-3H3,(H,23,28). The van der Waals surface area contributed by atoms with Gasteiger partial charge in [-0.05, 0) is 37.3 Å². The molecule has 0 aliphatic carbocycles. The maximum Gasteiger partial charge on any atom is 0.280 e. The molecule has 0 aliphatic rings. The smallest absolute Gasteiger partial charge is 0.280 e. The molecule has 28 heavy (non-hydrogen) atoms. The summed E-state index contributed by atoms with van der Waals surface area (Å²) in [5.41, 5.74) is 0.782. The lowest BCUT2D eigenvalue weighted by atomic mass is 10.2. The topological polar surface area (TPSA) is 67.2 Å². The van der Waals surface area contributed by atoms with Crippen LogP contribution in [0.5, 0.6) is 0 Å². The van der Waals surface area contributed by atoms with Crippen molar-refractivity contribution in [3.05, 3.63) is 81.0 Å². The van der Waals surface area contributed by atoms with Crippen molar-refractivity contribution < 1.29 is 9.18 Å². The van der Waals surface area contributed by atoms with Crippen molar-refractivity contribution in [3.8, 4) is 5.69 Å². The Kier molecular flexibility index (Phi) is 5.46. The summed E-state index contributed by atoms with van der Waals surface area (Å²) in [6.45, 7) is 1.61. The van der Waals surface area contributed by atoms with Gasteiger partial charge < -0.3 is 10.2 Å². The van der Waals surface area contributed by atoms with E-state index in [1.807, 2.05) is 14.1 Å². The fourth-order valence-electron chi connectivity index (χ4n) is 2.75. The zero-order chi connectivity index (χ0) is 20.4. The Hall–Kier alpha value is -3.19. The molecule has 0 unspecified atom stereocenters. The molecule has 3 rings (SSSR count). The van der Waals surface area contributed by atoms with E-state index in [4.69, 9.17) is 11.6 Å². The lowest BCUT2D eigenvalue weighted by Crippen LogP contribution is -2.27.